The van der Waals surface area contributed by atoms with Gasteiger partial charge in [-0.05, 0) is 25.7 Å². The number of hydrogen-bond acceptors (Lipinski definition) is 5. The number of hydrogen-bond donors (Lipinski definition) is 1. The van der Waals surface area contributed by atoms with E-state index in [1.54, 1.807) is 0 Å². The van der Waals surface area contributed by atoms with E-state index in [2.05, 4.69) is 6.92 Å². The maximum atomic E-state index is 11.9. The molecule has 0 aliphatic carbocycles. The van der Waals surface area contributed by atoms with Crippen molar-refractivity contribution in [2.24, 2.45) is 0 Å². The van der Waals surface area contributed by atoms with Crippen LogP contribution in [0.2, 0.25) is 0 Å². The molecule has 172 valence electrons. The molecule has 1 N–H and O–H groups in total. The van der Waals surface area contributed by atoms with Gasteiger partial charge in [0.1, 0.15) is 12.7 Å². The van der Waals surface area contributed by atoms with E-state index in [0.29, 0.717) is 13.0 Å². The second-order valence-electron chi connectivity index (χ2n) is 8.41. The van der Waals surface area contributed by atoms with Crippen molar-refractivity contribution >= 4 is 5.97 Å². The maximum Gasteiger partial charge on any atom is 0.305 e. The third-order valence-corrected chi connectivity index (χ3v) is 5.60. The lowest BCUT2D eigenvalue weighted by Crippen LogP contribution is -2.33. The van der Waals surface area contributed by atoms with Gasteiger partial charge in [0.05, 0.1) is 6.61 Å². The van der Waals surface area contributed by atoms with Gasteiger partial charge in [0.25, 0.3) is 0 Å². The van der Waals surface area contributed by atoms with Crippen LogP contribution in [0.15, 0.2) is 0 Å². The molecule has 29 heavy (non-hydrogen) atoms. The lowest BCUT2D eigenvalue weighted by molar-refractivity contribution is -0.205. The Bertz CT molecular complexity index is 368. The van der Waals surface area contributed by atoms with Crippen molar-refractivity contribution in [2.45, 2.75) is 128 Å². The van der Waals surface area contributed by atoms with Crippen LogP contribution in [0.5, 0.6) is 0 Å². The molecule has 0 saturated carbocycles. The summed E-state index contributed by atoms with van der Waals surface area (Å²) in [6.45, 7) is 2.90. The molecule has 0 aromatic rings. The Labute approximate surface area is 178 Å². The summed E-state index contributed by atoms with van der Waals surface area (Å²) in [5, 5.41) is 9.40. The number of ether oxygens (including phenoxy) is 3. The topological polar surface area (TPSA) is 65.0 Å². The van der Waals surface area contributed by atoms with Crippen molar-refractivity contribution in [3.63, 3.8) is 0 Å². The summed E-state index contributed by atoms with van der Waals surface area (Å²) in [5.74, 6) is -0.195. The monoisotopic (exact) mass is 414 g/mol. The quantitative estimate of drug-likeness (QED) is 0.210. The SMILES string of the molecule is CCCCCCCCCCCCCCCC(=O)OC[C@H](CO)OC1CCCCO1. The van der Waals surface area contributed by atoms with Gasteiger partial charge in [-0.3, -0.25) is 4.79 Å². The predicted octanol–water partition coefficient (Wildman–Crippen LogP) is 5.92. The molecule has 0 bridgehead atoms. The first-order chi connectivity index (χ1) is 14.3. The highest BCUT2D eigenvalue weighted by molar-refractivity contribution is 5.69. The fourth-order valence-electron chi connectivity index (χ4n) is 3.71. The Morgan fingerprint density at radius 1 is 0.931 bits per heavy atom. The van der Waals surface area contributed by atoms with E-state index in [0.717, 1.165) is 32.1 Å². The zero-order valence-electron chi connectivity index (χ0n) is 18.9. The van der Waals surface area contributed by atoms with Crippen LogP contribution >= 0.6 is 0 Å². The Morgan fingerprint density at radius 2 is 1.52 bits per heavy atom. The summed E-state index contributed by atoms with van der Waals surface area (Å²) < 4.78 is 16.4. The Morgan fingerprint density at radius 3 is 2.03 bits per heavy atom. The standard InChI is InChI=1S/C24H46O5/c1-2-3-4-5-6-7-8-9-10-11-12-13-14-17-23(26)28-21-22(20-25)29-24-18-15-16-19-27-24/h22,24-25H,2-21H2,1H3/t22-,24?/m0/s1. The van der Waals surface area contributed by atoms with Gasteiger partial charge in [-0.25, -0.2) is 0 Å². The maximum absolute atomic E-state index is 11.9. The van der Waals surface area contributed by atoms with Crippen LogP contribution in [0.4, 0.5) is 0 Å². The summed E-state index contributed by atoms with van der Waals surface area (Å²) in [4.78, 5) is 11.9. The number of carbonyl (C=O) groups is 1. The van der Waals surface area contributed by atoms with Crippen LogP contribution in [0.1, 0.15) is 116 Å². The molecule has 1 rings (SSSR count). The summed E-state index contributed by atoms with van der Waals surface area (Å²) >= 11 is 0. The second-order valence-corrected chi connectivity index (χ2v) is 8.41. The molecule has 1 fully saturated rings. The summed E-state index contributed by atoms with van der Waals surface area (Å²) in [7, 11) is 0. The smallest absolute Gasteiger partial charge is 0.305 e. The predicted molar refractivity (Wildman–Crippen MR) is 117 cm³/mol. The molecule has 1 aliphatic heterocycles. The van der Waals surface area contributed by atoms with Crippen LogP contribution in [0, 0.1) is 0 Å². The highest BCUT2D eigenvalue weighted by Gasteiger charge is 2.20. The van der Waals surface area contributed by atoms with Crippen molar-refractivity contribution in [3.05, 3.63) is 0 Å². The van der Waals surface area contributed by atoms with Crippen molar-refractivity contribution in [1.29, 1.82) is 0 Å². The molecular formula is C24H46O5. The highest BCUT2D eigenvalue weighted by atomic mass is 16.7. The van der Waals surface area contributed by atoms with Gasteiger partial charge in [0, 0.05) is 13.0 Å². The van der Waals surface area contributed by atoms with Crippen molar-refractivity contribution in [1.82, 2.24) is 0 Å². The fourth-order valence-corrected chi connectivity index (χ4v) is 3.71. The van der Waals surface area contributed by atoms with E-state index >= 15 is 0 Å². The van der Waals surface area contributed by atoms with Crippen molar-refractivity contribution in [3.8, 4) is 0 Å². The first-order valence-corrected chi connectivity index (χ1v) is 12.3. The van der Waals surface area contributed by atoms with Gasteiger partial charge < -0.3 is 19.3 Å². The molecule has 0 aromatic heterocycles. The van der Waals surface area contributed by atoms with Gasteiger partial charge in [-0.15, -0.1) is 0 Å². The lowest BCUT2D eigenvalue weighted by atomic mass is 10.0. The molecule has 1 unspecified atom stereocenters. The number of esters is 1. The van der Waals surface area contributed by atoms with Crippen LogP contribution in [-0.4, -0.2) is 43.3 Å². The summed E-state index contributed by atoms with van der Waals surface area (Å²) in [6.07, 6.45) is 19.4. The minimum atomic E-state index is -0.492. The van der Waals surface area contributed by atoms with Crippen LogP contribution < -0.4 is 0 Å². The minimum Gasteiger partial charge on any atom is -0.463 e. The number of rotatable bonds is 19. The van der Waals surface area contributed by atoms with E-state index in [1.807, 2.05) is 0 Å². The minimum absolute atomic E-state index is 0.105. The zero-order valence-corrected chi connectivity index (χ0v) is 18.9. The fraction of sp³-hybridized carbons (Fsp3) is 0.958. The van der Waals surface area contributed by atoms with Gasteiger partial charge in [0.15, 0.2) is 6.29 Å². The Hall–Kier alpha value is -0.650. The van der Waals surface area contributed by atoms with Crippen LogP contribution in [0.3, 0.4) is 0 Å². The third kappa shape index (κ3) is 15.8. The first kappa shape index (κ1) is 26.4. The molecule has 2 atom stereocenters. The van der Waals surface area contributed by atoms with E-state index in [-0.39, 0.29) is 25.5 Å². The molecule has 0 amide bonds. The van der Waals surface area contributed by atoms with E-state index in [1.165, 1.54) is 70.6 Å². The molecule has 0 spiro atoms. The molecule has 1 heterocycles. The van der Waals surface area contributed by atoms with Crippen LogP contribution in [0.25, 0.3) is 0 Å². The number of unbranched alkanes of at least 4 members (excludes halogenated alkanes) is 12. The third-order valence-electron chi connectivity index (χ3n) is 5.60. The second kappa shape index (κ2) is 19.3. The van der Waals surface area contributed by atoms with E-state index < -0.39 is 6.10 Å². The number of aliphatic hydroxyl groups is 1. The number of carbonyl (C=O) groups excluding carboxylic acids is 1. The molecule has 0 radical (unpaired) electrons. The van der Waals surface area contributed by atoms with Gasteiger partial charge in [-0.1, -0.05) is 84.0 Å². The molecule has 1 aliphatic rings. The van der Waals surface area contributed by atoms with Crippen LogP contribution in [-0.2, 0) is 19.0 Å². The lowest BCUT2D eigenvalue weighted by Gasteiger charge is -2.26. The molecule has 5 nitrogen and oxygen atoms in total. The highest BCUT2D eigenvalue weighted by Crippen LogP contribution is 2.16. The molecule has 1 saturated heterocycles. The van der Waals surface area contributed by atoms with Gasteiger partial charge in [0.2, 0.25) is 0 Å². The van der Waals surface area contributed by atoms with Crippen molar-refractivity contribution in [2.75, 3.05) is 19.8 Å². The average molecular weight is 415 g/mol. The van der Waals surface area contributed by atoms with Crippen molar-refractivity contribution < 1.29 is 24.1 Å². The number of aliphatic hydroxyl groups excluding tert-OH is 1. The molecular weight excluding hydrogens is 368 g/mol. The normalized spacial score (nSPS) is 17.9. The molecule has 5 heteroatoms. The Kier molecular flexibility index (Phi) is 17.6. The average Bonchev–Trinajstić information content (AvgIpc) is 2.75. The Balaban J connectivity index is 1.87. The molecule has 0 aromatic carbocycles. The van der Waals surface area contributed by atoms with Gasteiger partial charge >= 0.3 is 5.97 Å². The van der Waals surface area contributed by atoms with E-state index in [4.69, 9.17) is 14.2 Å². The van der Waals surface area contributed by atoms with Gasteiger partial charge in [-0.2, -0.15) is 0 Å². The zero-order chi connectivity index (χ0) is 21.0. The first-order valence-electron chi connectivity index (χ1n) is 12.3. The van der Waals surface area contributed by atoms with E-state index in [9.17, 15) is 9.90 Å². The largest absolute Gasteiger partial charge is 0.463 e. The summed E-state index contributed by atoms with van der Waals surface area (Å²) in [6, 6.07) is 0. The summed E-state index contributed by atoms with van der Waals surface area (Å²) in [5.41, 5.74) is 0.